The number of carbonyl (C=O) groups is 1. The van der Waals surface area contributed by atoms with Crippen molar-refractivity contribution in [2.75, 3.05) is 54.1 Å². The number of hydrogen-bond donors (Lipinski definition) is 0. The van der Waals surface area contributed by atoms with E-state index in [0.29, 0.717) is 24.1 Å². The third kappa shape index (κ3) is 34.4. The van der Waals surface area contributed by atoms with Gasteiger partial charge in [-0.1, -0.05) is 122 Å². The molecule has 2 unspecified atom stereocenters. The molecule has 0 bridgehead atoms. The van der Waals surface area contributed by atoms with Crippen molar-refractivity contribution >= 4 is 13.8 Å². The summed E-state index contributed by atoms with van der Waals surface area (Å²) in [4.78, 5) is 24.7. The Morgan fingerprint density at radius 1 is 0.667 bits per heavy atom. The molecule has 8 nitrogen and oxygen atoms in total. The first kappa shape index (κ1) is 44.2. The van der Waals surface area contributed by atoms with Gasteiger partial charge in [-0.05, 0) is 38.5 Å². The van der Waals surface area contributed by atoms with Crippen LogP contribution in [0.15, 0.2) is 12.2 Å². The van der Waals surface area contributed by atoms with Crippen LogP contribution < -0.4 is 4.89 Å². The van der Waals surface area contributed by atoms with Gasteiger partial charge in [0.2, 0.25) is 0 Å². The van der Waals surface area contributed by atoms with Gasteiger partial charge in [-0.2, -0.15) is 0 Å². The van der Waals surface area contributed by atoms with Crippen LogP contribution in [0.25, 0.3) is 0 Å². The maximum absolute atomic E-state index is 12.4. The number of nitrogens with zero attached hydrogens (tertiary/aromatic N) is 1. The highest BCUT2D eigenvalue weighted by Gasteiger charge is 2.20. The summed E-state index contributed by atoms with van der Waals surface area (Å²) in [6.45, 7) is 5.33. The number of carbonyl (C=O) groups excluding carboxylic acids is 1. The minimum Gasteiger partial charge on any atom is -0.756 e. The lowest BCUT2D eigenvalue weighted by molar-refractivity contribution is -0.870. The molecule has 268 valence electrons. The molecule has 0 rings (SSSR count). The Kier molecular flexibility index (Phi) is 30.0. The summed E-state index contributed by atoms with van der Waals surface area (Å²) in [6, 6.07) is 0. The van der Waals surface area contributed by atoms with Gasteiger partial charge >= 0.3 is 5.97 Å². The van der Waals surface area contributed by atoms with Crippen molar-refractivity contribution < 1.29 is 37.3 Å². The Balaban J connectivity index is 4.16. The van der Waals surface area contributed by atoms with E-state index in [-0.39, 0.29) is 25.8 Å². The highest BCUT2D eigenvalue weighted by atomic mass is 31.2. The molecular formula is C36H72NO7P. The molecule has 0 N–H and O–H groups in total. The third-order valence-corrected chi connectivity index (χ3v) is 8.78. The molecule has 0 aromatic rings. The largest absolute Gasteiger partial charge is 0.756 e. The monoisotopic (exact) mass is 662 g/mol. The number of likely N-dealkylation sites (N-methyl/N-ethyl adjacent to an activating group) is 1. The standard InChI is InChI=1S/C36H72NO7P/c1-6-8-10-12-14-15-16-17-18-19-20-21-22-23-24-26-28-31-41-33-35(44-36(38)29-27-25-13-11-9-7-2)34-43-45(39,40)42-32-30-37(3,4)5/h18-19,35H,6-17,20-34H2,1-5H3/b19-18-. The van der Waals surface area contributed by atoms with Crippen molar-refractivity contribution in [1.29, 1.82) is 0 Å². The third-order valence-electron chi connectivity index (χ3n) is 7.82. The van der Waals surface area contributed by atoms with Crippen molar-refractivity contribution in [2.24, 2.45) is 0 Å². The van der Waals surface area contributed by atoms with Crippen molar-refractivity contribution in [2.45, 2.75) is 161 Å². The predicted molar refractivity (Wildman–Crippen MR) is 185 cm³/mol. The van der Waals surface area contributed by atoms with Gasteiger partial charge in [-0.25, -0.2) is 0 Å². The van der Waals surface area contributed by atoms with E-state index < -0.39 is 13.9 Å². The van der Waals surface area contributed by atoms with Gasteiger partial charge < -0.3 is 27.9 Å². The lowest BCUT2D eigenvalue weighted by Crippen LogP contribution is -2.37. The number of phosphoric ester groups is 1. The van der Waals surface area contributed by atoms with Crippen LogP contribution in [0, 0.1) is 0 Å². The normalized spacial score (nSPS) is 14.2. The summed E-state index contributed by atoms with van der Waals surface area (Å²) < 4.78 is 34.2. The minimum atomic E-state index is -4.50. The molecule has 0 heterocycles. The predicted octanol–water partition coefficient (Wildman–Crippen LogP) is 9.30. The van der Waals surface area contributed by atoms with E-state index in [1.165, 1.54) is 103 Å². The molecule has 0 amide bonds. The molecule has 0 aromatic heterocycles. The van der Waals surface area contributed by atoms with E-state index >= 15 is 0 Å². The van der Waals surface area contributed by atoms with Gasteiger partial charge in [0.05, 0.1) is 34.4 Å². The number of unbranched alkanes of at least 4 members (excludes halogenated alkanes) is 18. The molecular weight excluding hydrogens is 589 g/mol. The maximum Gasteiger partial charge on any atom is 0.306 e. The highest BCUT2D eigenvalue weighted by Crippen LogP contribution is 2.38. The first-order chi connectivity index (χ1) is 21.6. The van der Waals surface area contributed by atoms with E-state index in [1.807, 2.05) is 21.1 Å². The summed E-state index contributed by atoms with van der Waals surface area (Å²) in [7, 11) is 1.35. The van der Waals surface area contributed by atoms with Crippen molar-refractivity contribution in [3.63, 3.8) is 0 Å². The Labute approximate surface area is 278 Å². The quantitative estimate of drug-likeness (QED) is 0.0223. The van der Waals surface area contributed by atoms with Crippen LogP contribution in [0.5, 0.6) is 0 Å². The minimum absolute atomic E-state index is 0.0271. The maximum atomic E-state index is 12.4. The van der Waals surface area contributed by atoms with E-state index in [2.05, 4.69) is 26.0 Å². The van der Waals surface area contributed by atoms with Gasteiger partial charge in [0.1, 0.15) is 19.3 Å². The van der Waals surface area contributed by atoms with Gasteiger partial charge in [-0.3, -0.25) is 9.36 Å². The Bertz CT molecular complexity index is 741. The summed E-state index contributed by atoms with van der Waals surface area (Å²) >= 11 is 0. The number of phosphoric acid groups is 1. The molecule has 0 spiro atoms. The second-order valence-corrected chi connectivity index (χ2v) is 15.0. The van der Waals surface area contributed by atoms with Crippen LogP contribution in [-0.2, 0) is 27.9 Å². The fraction of sp³-hybridized carbons (Fsp3) is 0.917. The topological polar surface area (TPSA) is 94.1 Å². The van der Waals surface area contributed by atoms with E-state index in [9.17, 15) is 14.3 Å². The first-order valence-corrected chi connectivity index (χ1v) is 19.9. The van der Waals surface area contributed by atoms with Crippen molar-refractivity contribution in [3.8, 4) is 0 Å². The molecule has 0 radical (unpaired) electrons. The highest BCUT2D eigenvalue weighted by molar-refractivity contribution is 7.45. The molecule has 0 fully saturated rings. The van der Waals surface area contributed by atoms with Gasteiger partial charge in [0.15, 0.2) is 0 Å². The Morgan fingerprint density at radius 3 is 1.69 bits per heavy atom. The van der Waals surface area contributed by atoms with Gasteiger partial charge in [-0.15, -0.1) is 0 Å². The summed E-state index contributed by atoms with van der Waals surface area (Å²) in [5.41, 5.74) is 0. The summed E-state index contributed by atoms with van der Waals surface area (Å²) in [6.07, 6.45) is 29.6. The fourth-order valence-electron chi connectivity index (χ4n) is 4.89. The molecule has 0 aliphatic carbocycles. The Hall–Kier alpha value is -0.760. The number of quaternary nitrogens is 1. The van der Waals surface area contributed by atoms with Crippen LogP contribution in [0.1, 0.15) is 155 Å². The van der Waals surface area contributed by atoms with Gasteiger partial charge in [0.25, 0.3) is 7.82 Å². The first-order valence-electron chi connectivity index (χ1n) is 18.4. The molecule has 9 heteroatoms. The zero-order valence-electron chi connectivity index (χ0n) is 30.1. The smallest absolute Gasteiger partial charge is 0.306 e. The number of rotatable bonds is 34. The molecule has 0 aromatic carbocycles. The summed E-state index contributed by atoms with van der Waals surface area (Å²) in [5.74, 6) is -0.345. The lowest BCUT2D eigenvalue weighted by atomic mass is 10.1. The van der Waals surface area contributed by atoms with E-state index in [1.54, 1.807) is 0 Å². The summed E-state index contributed by atoms with van der Waals surface area (Å²) in [5, 5.41) is 0. The molecule has 0 saturated heterocycles. The van der Waals surface area contributed by atoms with Crippen LogP contribution >= 0.6 is 7.82 Å². The molecule has 0 aliphatic rings. The second-order valence-electron chi connectivity index (χ2n) is 13.6. The zero-order chi connectivity index (χ0) is 33.5. The number of allylic oxidation sites excluding steroid dienone is 2. The lowest BCUT2D eigenvalue weighted by Gasteiger charge is -2.28. The van der Waals surface area contributed by atoms with Crippen molar-refractivity contribution in [3.05, 3.63) is 12.2 Å². The van der Waals surface area contributed by atoms with Crippen LogP contribution in [0.4, 0.5) is 0 Å². The molecule has 2 atom stereocenters. The molecule has 0 saturated carbocycles. The average Bonchev–Trinajstić information content (AvgIpc) is 2.98. The molecule has 45 heavy (non-hydrogen) atoms. The van der Waals surface area contributed by atoms with E-state index in [0.717, 1.165) is 32.1 Å². The zero-order valence-corrected chi connectivity index (χ0v) is 31.0. The van der Waals surface area contributed by atoms with Crippen LogP contribution in [-0.4, -0.2) is 70.7 Å². The number of hydrogen-bond acceptors (Lipinski definition) is 7. The molecule has 0 aliphatic heterocycles. The van der Waals surface area contributed by atoms with Crippen molar-refractivity contribution in [1.82, 2.24) is 0 Å². The SMILES string of the molecule is CCCCCCCCC/C=C\CCCCCCCCOCC(COP(=O)([O-])OCC[N+](C)(C)C)OC(=O)CCCCCCCC. The number of esters is 1. The fourth-order valence-corrected chi connectivity index (χ4v) is 5.62. The average molecular weight is 662 g/mol. The van der Waals surface area contributed by atoms with Crippen LogP contribution in [0.2, 0.25) is 0 Å². The Morgan fingerprint density at radius 2 is 1.16 bits per heavy atom. The van der Waals surface area contributed by atoms with E-state index in [4.69, 9.17) is 18.5 Å². The van der Waals surface area contributed by atoms with Crippen LogP contribution in [0.3, 0.4) is 0 Å². The number of ether oxygens (including phenoxy) is 2. The second kappa shape index (κ2) is 30.6. The van der Waals surface area contributed by atoms with Gasteiger partial charge in [0, 0.05) is 13.0 Å².